The molecule has 5 nitrogen and oxygen atoms in total. The minimum Gasteiger partial charge on any atom is -0.465 e. The molecular weight excluding hydrogens is 316 g/mol. The molecule has 1 aliphatic rings. The number of carbonyl (C=O) groups is 2. The zero-order valence-corrected chi connectivity index (χ0v) is 14.1. The zero-order valence-electron chi connectivity index (χ0n) is 14.1. The summed E-state index contributed by atoms with van der Waals surface area (Å²) in [5, 5.41) is 0. The lowest BCUT2D eigenvalue weighted by molar-refractivity contribution is -0.127. The van der Waals surface area contributed by atoms with Gasteiger partial charge in [-0.1, -0.05) is 12.1 Å². The molecule has 0 bridgehead atoms. The second-order valence-electron chi connectivity index (χ2n) is 6.00. The van der Waals surface area contributed by atoms with Crippen LogP contribution in [0.5, 0.6) is 0 Å². The van der Waals surface area contributed by atoms with Crippen LogP contribution in [0.2, 0.25) is 0 Å². The van der Waals surface area contributed by atoms with Crippen LogP contribution in [0.1, 0.15) is 34.3 Å². The Hall–Kier alpha value is -2.95. The fourth-order valence-corrected chi connectivity index (χ4v) is 2.57. The van der Waals surface area contributed by atoms with Crippen molar-refractivity contribution in [2.45, 2.75) is 25.4 Å². The van der Waals surface area contributed by atoms with E-state index in [9.17, 15) is 9.59 Å². The summed E-state index contributed by atoms with van der Waals surface area (Å²) in [6.45, 7) is 0.595. The van der Waals surface area contributed by atoms with Crippen LogP contribution in [0.15, 0.2) is 54.9 Å². The molecular formula is C20H20N2O3. The number of esters is 1. The van der Waals surface area contributed by atoms with Crippen molar-refractivity contribution in [2.75, 3.05) is 7.11 Å². The van der Waals surface area contributed by atoms with Crippen molar-refractivity contribution in [1.82, 2.24) is 9.88 Å². The Balaban J connectivity index is 1.66. The predicted molar refractivity (Wildman–Crippen MR) is 94.6 cm³/mol. The van der Waals surface area contributed by atoms with Crippen molar-refractivity contribution in [1.29, 1.82) is 0 Å². The van der Waals surface area contributed by atoms with Crippen molar-refractivity contribution in [2.24, 2.45) is 0 Å². The number of hydrogen-bond donors (Lipinski definition) is 0. The Morgan fingerprint density at radius 1 is 1.16 bits per heavy atom. The molecule has 0 N–H and O–H groups in total. The van der Waals surface area contributed by atoms with Gasteiger partial charge in [0.1, 0.15) is 0 Å². The second kappa shape index (κ2) is 7.75. The van der Waals surface area contributed by atoms with Gasteiger partial charge in [-0.25, -0.2) is 4.79 Å². The third kappa shape index (κ3) is 4.53. The van der Waals surface area contributed by atoms with E-state index in [0.29, 0.717) is 18.2 Å². The molecule has 0 radical (unpaired) electrons. The Morgan fingerprint density at radius 2 is 1.84 bits per heavy atom. The lowest BCUT2D eigenvalue weighted by atomic mass is 10.1. The van der Waals surface area contributed by atoms with E-state index in [-0.39, 0.29) is 11.9 Å². The summed E-state index contributed by atoms with van der Waals surface area (Å²) in [6, 6.07) is 11.1. The molecule has 25 heavy (non-hydrogen) atoms. The van der Waals surface area contributed by atoms with Crippen molar-refractivity contribution in [3.8, 4) is 0 Å². The van der Waals surface area contributed by atoms with Crippen LogP contribution < -0.4 is 0 Å². The number of pyridine rings is 1. The van der Waals surface area contributed by atoms with Gasteiger partial charge in [-0.15, -0.1) is 0 Å². The first kappa shape index (κ1) is 16.9. The summed E-state index contributed by atoms with van der Waals surface area (Å²) in [5.41, 5.74) is 2.43. The third-order valence-electron chi connectivity index (χ3n) is 4.12. The summed E-state index contributed by atoms with van der Waals surface area (Å²) in [7, 11) is 1.35. The molecule has 1 aromatic carbocycles. The number of hydrogen-bond acceptors (Lipinski definition) is 4. The highest BCUT2D eigenvalue weighted by atomic mass is 16.5. The Morgan fingerprint density at radius 3 is 2.44 bits per heavy atom. The largest absolute Gasteiger partial charge is 0.465 e. The first-order valence-corrected chi connectivity index (χ1v) is 8.23. The fourth-order valence-electron chi connectivity index (χ4n) is 2.57. The topological polar surface area (TPSA) is 59.5 Å². The Labute approximate surface area is 146 Å². The number of rotatable bonds is 6. The summed E-state index contributed by atoms with van der Waals surface area (Å²) >= 11 is 0. The van der Waals surface area contributed by atoms with Crippen LogP contribution in [0, 0.1) is 0 Å². The lowest BCUT2D eigenvalue weighted by Gasteiger charge is -2.20. The van der Waals surface area contributed by atoms with Crippen LogP contribution in [0.4, 0.5) is 0 Å². The summed E-state index contributed by atoms with van der Waals surface area (Å²) in [6.07, 6.45) is 8.95. The van der Waals surface area contributed by atoms with Crippen molar-refractivity contribution in [3.05, 3.63) is 71.6 Å². The number of nitrogens with zero attached hydrogens (tertiary/aromatic N) is 2. The van der Waals surface area contributed by atoms with Gasteiger partial charge in [0, 0.05) is 31.1 Å². The molecule has 1 heterocycles. The molecule has 0 atom stereocenters. The predicted octanol–water partition coefficient (Wildman–Crippen LogP) is 3.07. The summed E-state index contributed by atoms with van der Waals surface area (Å²) in [4.78, 5) is 29.9. The minimum absolute atomic E-state index is 0.00337. The normalized spacial score (nSPS) is 13.6. The molecule has 1 aliphatic carbocycles. The first-order chi connectivity index (χ1) is 12.2. The van der Waals surface area contributed by atoms with Gasteiger partial charge in [-0.2, -0.15) is 0 Å². The van der Waals surface area contributed by atoms with E-state index in [1.54, 1.807) is 48.8 Å². The highest BCUT2D eigenvalue weighted by Crippen LogP contribution is 2.28. The van der Waals surface area contributed by atoms with Gasteiger partial charge >= 0.3 is 5.97 Å². The molecule has 0 saturated heterocycles. The molecule has 5 heteroatoms. The Bertz CT molecular complexity index is 765. The summed E-state index contributed by atoms with van der Waals surface area (Å²) < 4.78 is 4.67. The van der Waals surface area contributed by atoms with Crippen LogP contribution >= 0.6 is 0 Å². The van der Waals surface area contributed by atoms with E-state index in [2.05, 4.69) is 9.72 Å². The monoisotopic (exact) mass is 336 g/mol. The van der Waals surface area contributed by atoms with Gasteiger partial charge in [0.25, 0.3) is 0 Å². The van der Waals surface area contributed by atoms with Crippen LogP contribution in [-0.2, 0) is 16.1 Å². The first-order valence-electron chi connectivity index (χ1n) is 8.23. The number of benzene rings is 1. The maximum atomic E-state index is 12.6. The van der Waals surface area contributed by atoms with Crippen molar-refractivity contribution >= 4 is 18.0 Å². The molecule has 128 valence electrons. The van der Waals surface area contributed by atoms with Crippen molar-refractivity contribution in [3.63, 3.8) is 0 Å². The van der Waals surface area contributed by atoms with Gasteiger partial charge < -0.3 is 9.64 Å². The molecule has 1 amide bonds. The van der Waals surface area contributed by atoms with Gasteiger partial charge in [-0.05, 0) is 54.3 Å². The third-order valence-corrected chi connectivity index (χ3v) is 4.12. The number of methoxy groups -OCH3 is 1. The van der Waals surface area contributed by atoms with Crippen LogP contribution in [-0.4, -0.2) is 34.9 Å². The molecule has 0 spiro atoms. The smallest absolute Gasteiger partial charge is 0.337 e. The highest BCUT2D eigenvalue weighted by Gasteiger charge is 2.31. The number of carbonyl (C=O) groups excluding carboxylic acids is 2. The molecule has 3 rings (SSSR count). The molecule has 1 aromatic heterocycles. The molecule has 0 unspecified atom stereocenters. The SMILES string of the molecule is COC(=O)c1ccc(/C=C/C(=O)N(Cc2ccncc2)C2CC2)cc1. The highest BCUT2D eigenvalue weighted by molar-refractivity contribution is 5.93. The van der Waals surface area contributed by atoms with E-state index in [1.807, 2.05) is 17.0 Å². The lowest BCUT2D eigenvalue weighted by Crippen LogP contribution is -2.31. The summed E-state index contributed by atoms with van der Waals surface area (Å²) in [5.74, 6) is -0.375. The average molecular weight is 336 g/mol. The average Bonchev–Trinajstić information content (AvgIpc) is 3.50. The maximum Gasteiger partial charge on any atom is 0.337 e. The molecule has 1 fully saturated rings. The van der Waals surface area contributed by atoms with E-state index < -0.39 is 0 Å². The molecule has 1 saturated carbocycles. The van der Waals surface area contributed by atoms with Crippen LogP contribution in [0.25, 0.3) is 6.08 Å². The number of aromatic nitrogens is 1. The second-order valence-corrected chi connectivity index (χ2v) is 6.00. The van der Waals surface area contributed by atoms with Gasteiger partial charge in [0.2, 0.25) is 5.91 Å². The van der Waals surface area contributed by atoms with E-state index in [4.69, 9.17) is 0 Å². The minimum atomic E-state index is -0.371. The molecule has 0 aliphatic heterocycles. The van der Waals surface area contributed by atoms with E-state index in [1.165, 1.54) is 7.11 Å². The zero-order chi connectivity index (χ0) is 17.6. The Kier molecular flexibility index (Phi) is 5.23. The number of amides is 1. The van der Waals surface area contributed by atoms with E-state index in [0.717, 1.165) is 24.0 Å². The van der Waals surface area contributed by atoms with Crippen molar-refractivity contribution < 1.29 is 14.3 Å². The van der Waals surface area contributed by atoms with E-state index >= 15 is 0 Å². The standard InChI is InChI=1S/C20H20N2O3/c1-25-20(24)17-5-2-15(3-6-17)4-9-19(23)22(18-7-8-18)14-16-10-12-21-13-11-16/h2-6,9-13,18H,7-8,14H2,1H3/b9-4+. The quantitative estimate of drug-likeness (QED) is 0.601. The molecule has 2 aromatic rings. The fraction of sp³-hybridized carbons (Fsp3) is 0.250. The van der Waals surface area contributed by atoms with Gasteiger partial charge in [0.15, 0.2) is 0 Å². The van der Waals surface area contributed by atoms with Gasteiger partial charge in [0.05, 0.1) is 12.7 Å². The maximum absolute atomic E-state index is 12.6. The van der Waals surface area contributed by atoms with Gasteiger partial charge in [-0.3, -0.25) is 9.78 Å². The van der Waals surface area contributed by atoms with Crippen LogP contribution in [0.3, 0.4) is 0 Å². The number of ether oxygens (including phenoxy) is 1.